The van der Waals surface area contributed by atoms with Gasteiger partial charge in [0, 0.05) is 5.56 Å². The summed E-state index contributed by atoms with van der Waals surface area (Å²) in [4.78, 5) is 11.5. The number of ether oxygens (including phenoxy) is 1. The molecular weight excluding hydrogens is 224 g/mol. The highest BCUT2D eigenvalue weighted by molar-refractivity contribution is 5.95. The molecule has 2 heteroatoms. The number of hydrogen-bond donors (Lipinski definition) is 0. The molecule has 0 aliphatic carbocycles. The molecule has 18 heavy (non-hydrogen) atoms. The van der Waals surface area contributed by atoms with Crippen LogP contribution in [0.25, 0.3) is 0 Å². The Kier molecular flexibility index (Phi) is 3.78. The van der Waals surface area contributed by atoms with Crippen molar-refractivity contribution >= 4 is 5.78 Å². The second kappa shape index (κ2) is 5.50. The second-order valence-corrected chi connectivity index (χ2v) is 4.14. The van der Waals surface area contributed by atoms with Gasteiger partial charge in [-0.2, -0.15) is 0 Å². The van der Waals surface area contributed by atoms with Crippen molar-refractivity contribution in [3.05, 3.63) is 59.7 Å². The van der Waals surface area contributed by atoms with E-state index >= 15 is 0 Å². The second-order valence-electron chi connectivity index (χ2n) is 4.14. The summed E-state index contributed by atoms with van der Waals surface area (Å²) in [6.45, 7) is 3.63. The average Bonchev–Trinajstić information content (AvgIpc) is 2.39. The molecule has 0 atom stereocenters. The van der Waals surface area contributed by atoms with E-state index in [0.717, 1.165) is 29.0 Å². The van der Waals surface area contributed by atoms with E-state index < -0.39 is 0 Å². The maximum atomic E-state index is 11.5. The van der Waals surface area contributed by atoms with Crippen LogP contribution in [0.2, 0.25) is 0 Å². The molecule has 0 heterocycles. The summed E-state index contributed by atoms with van der Waals surface area (Å²) in [7, 11) is 0. The van der Waals surface area contributed by atoms with Gasteiger partial charge in [-0.3, -0.25) is 4.79 Å². The summed E-state index contributed by atoms with van der Waals surface area (Å²) in [6, 6.07) is 15.2. The third kappa shape index (κ3) is 2.77. The zero-order chi connectivity index (χ0) is 13.0. The number of carbonyl (C=O) groups is 1. The lowest BCUT2D eigenvalue weighted by atomic mass is 10.0. The molecule has 0 amide bonds. The third-order valence-electron chi connectivity index (χ3n) is 2.82. The number of benzene rings is 2. The monoisotopic (exact) mass is 240 g/mol. The van der Waals surface area contributed by atoms with Crippen LogP contribution < -0.4 is 4.74 Å². The Balaban J connectivity index is 2.28. The minimum Gasteiger partial charge on any atom is -0.457 e. The Hall–Kier alpha value is -2.09. The molecule has 92 valence electrons. The van der Waals surface area contributed by atoms with Gasteiger partial charge in [-0.1, -0.05) is 25.1 Å². The van der Waals surface area contributed by atoms with Gasteiger partial charge in [0.05, 0.1) is 0 Å². The number of Topliss-reactive ketones (excluding diaryl/α,β-unsaturated/α-hetero) is 1. The summed E-state index contributed by atoms with van der Waals surface area (Å²) >= 11 is 0. The Morgan fingerprint density at radius 1 is 1.06 bits per heavy atom. The Morgan fingerprint density at radius 3 is 2.39 bits per heavy atom. The van der Waals surface area contributed by atoms with Crippen LogP contribution in [0.15, 0.2) is 48.5 Å². The molecule has 0 saturated carbocycles. The van der Waals surface area contributed by atoms with Crippen LogP contribution in [-0.2, 0) is 6.42 Å². The highest BCUT2D eigenvalue weighted by atomic mass is 16.5. The fraction of sp³-hybridized carbons (Fsp3) is 0.188. The number of ketones is 1. The SMILES string of the molecule is CCc1cc(Oc2ccccc2)ccc1C(C)=O. The van der Waals surface area contributed by atoms with Crippen molar-refractivity contribution in [3.8, 4) is 11.5 Å². The summed E-state index contributed by atoms with van der Waals surface area (Å²) in [5, 5.41) is 0. The minimum absolute atomic E-state index is 0.0955. The highest BCUT2D eigenvalue weighted by Gasteiger charge is 2.07. The van der Waals surface area contributed by atoms with Crippen molar-refractivity contribution in [2.24, 2.45) is 0 Å². The molecule has 2 nitrogen and oxygen atoms in total. The van der Waals surface area contributed by atoms with E-state index in [2.05, 4.69) is 0 Å². The number of carbonyl (C=O) groups excluding carboxylic acids is 1. The summed E-state index contributed by atoms with van der Waals surface area (Å²) in [6.07, 6.45) is 0.820. The lowest BCUT2D eigenvalue weighted by molar-refractivity contribution is 0.101. The molecule has 0 radical (unpaired) electrons. The topological polar surface area (TPSA) is 26.3 Å². The molecule has 0 saturated heterocycles. The number of hydrogen-bond acceptors (Lipinski definition) is 2. The van der Waals surface area contributed by atoms with Crippen molar-refractivity contribution in [1.82, 2.24) is 0 Å². The van der Waals surface area contributed by atoms with Crippen molar-refractivity contribution in [2.45, 2.75) is 20.3 Å². The molecule has 2 aromatic carbocycles. The predicted molar refractivity (Wildman–Crippen MR) is 72.3 cm³/mol. The van der Waals surface area contributed by atoms with E-state index in [1.54, 1.807) is 6.92 Å². The van der Waals surface area contributed by atoms with Gasteiger partial charge < -0.3 is 4.74 Å². The van der Waals surface area contributed by atoms with Gasteiger partial charge in [0.1, 0.15) is 11.5 Å². The summed E-state index contributed by atoms with van der Waals surface area (Å²) in [5.41, 5.74) is 1.80. The fourth-order valence-corrected chi connectivity index (χ4v) is 1.89. The van der Waals surface area contributed by atoms with Crippen molar-refractivity contribution < 1.29 is 9.53 Å². The van der Waals surface area contributed by atoms with Gasteiger partial charge in [0.2, 0.25) is 0 Å². The van der Waals surface area contributed by atoms with E-state index in [-0.39, 0.29) is 5.78 Å². The molecule has 0 fully saturated rings. The molecule has 0 aliphatic rings. The number of aryl methyl sites for hydroxylation is 1. The van der Waals surface area contributed by atoms with E-state index in [4.69, 9.17) is 4.74 Å². The molecule has 0 aromatic heterocycles. The van der Waals surface area contributed by atoms with Crippen LogP contribution in [0, 0.1) is 0 Å². The Labute approximate surface area is 107 Å². The molecular formula is C16H16O2. The molecule has 0 bridgehead atoms. The van der Waals surface area contributed by atoms with Gasteiger partial charge in [-0.25, -0.2) is 0 Å². The van der Waals surface area contributed by atoms with Crippen LogP contribution in [0.3, 0.4) is 0 Å². The third-order valence-corrected chi connectivity index (χ3v) is 2.82. The minimum atomic E-state index is 0.0955. The number of para-hydroxylation sites is 1. The predicted octanol–water partition coefficient (Wildman–Crippen LogP) is 4.24. The normalized spacial score (nSPS) is 10.1. The Bertz CT molecular complexity index is 544. The van der Waals surface area contributed by atoms with Crippen LogP contribution >= 0.6 is 0 Å². The maximum absolute atomic E-state index is 11.5. The van der Waals surface area contributed by atoms with E-state index in [9.17, 15) is 4.79 Å². The van der Waals surface area contributed by atoms with E-state index in [0.29, 0.717) is 0 Å². The van der Waals surface area contributed by atoms with Gasteiger partial charge in [0.15, 0.2) is 5.78 Å². The molecule has 2 aromatic rings. The van der Waals surface area contributed by atoms with E-state index in [1.807, 2.05) is 55.5 Å². The first kappa shape index (κ1) is 12.4. The van der Waals surface area contributed by atoms with Crippen LogP contribution in [0.4, 0.5) is 0 Å². The fourth-order valence-electron chi connectivity index (χ4n) is 1.89. The molecule has 0 aliphatic heterocycles. The highest BCUT2D eigenvalue weighted by Crippen LogP contribution is 2.24. The zero-order valence-corrected chi connectivity index (χ0v) is 10.6. The van der Waals surface area contributed by atoms with Gasteiger partial charge in [-0.05, 0) is 49.2 Å². The first-order valence-corrected chi connectivity index (χ1v) is 6.07. The van der Waals surface area contributed by atoms with Crippen LogP contribution in [0.5, 0.6) is 11.5 Å². The van der Waals surface area contributed by atoms with Gasteiger partial charge >= 0.3 is 0 Å². The zero-order valence-electron chi connectivity index (χ0n) is 10.6. The van der Waals surface area contributed by atoms with Crippen LogP contribution in [-0.4, -0.2) is 5.78 Å². The van der Waals surface area contributed by atoms with Crippen molar-refractivity contribution in [3.63, 3.8) is 0 Å². The Morgan fingerprint density at radius 2 is 1.78 bits per heavy atom. The largest absolute Gasteiger partial charge is 0.457 e. The average molecular weight is 240 g/mol. The molecule has 2 rings (SSSR count). The number of rotatable bonds is 4. The van der Waals surface area contributed by atoms with E-state index in [1.165, 1.54) is 0 Å². The summed E-state index contributed by atoms with van der Waals surface area (Å²) in [5.74, 6) is 1.66. The van der Waals surface area contributed by atoms with Crippen LogP contribution in [0.1, 0.15) is 29.8 Å². The smallest absolute Gasteiger partial charge is 0.160 e. The summed E-state index contributed by atoms with van der Waals surface area (Å²) < 4.78 is 5.74. The lowest BCUT2D eigenvalue weighted by Gasteiger charge is -2.09. The molecule has 0 spiro atoms. The first-order valence-electron chi connectivity index (χ1n) is 6.07. The quantitative estimate of drug-likeness (QED) is 0.747. The lowest BCUT2D eigenvalue weighted by Crippen LogP contribution is -1.99. The molecule has 0 N–H and O–H groups in total. The first-order chi connectivity index (χ1) is 8.70. The maximum Gasteiger partial charge on any atom is 0.160 e. The molecule has 0 unspecified atom stereocenters. The van der Waals surface area contributed by atoms with Gasteiger partial charge in [0.25, 0.3) is 0 Å². The van der Waals surface area contributed by atoms with Gasteiger partial charge in [-0.15, -0.1) is 0 Å². The standard InChI is InChI=1S/C16H16O2/c1-3-13-11-15(9-10-16(13)12(2)17)18-14-7-5-4-6-8-14/h4-11H,3H2,1-2H3. The van der Waals surface area contributed by atoms with Crippen molar-refractivity contribution in [2.75, 3.05) is 0 Å². The van der Waals surface area contributed by atoms with Crippen molar-refractivity contribution in [1.29, 1.82) is 0 Å².